The van der Waals surface area contributed by atoms with Crippen LogP contribution in [0.2, 0.25) is 0 Å². The van der Waals surface area contributed by atoms with Gasteiger partial charge in [0.25, 0.3) is 0 Å². The molecule has 0 bridgehead atoms. The predicted octanol–water partition coefficient (Wildman–Crippen LogP) is 4.95. The fourth-order valence-electron chi connectivity index (χ4n) is 4.74. The number of hydrogen-bond donors (Lipinski definition) is 1. The minimum absolute atomic E-state index is 0.190. The van der Waals surface area contributed by atoms with Crippen molar-refractivity contribution in [1.82, 2.24) is 9.88 Å². The van der Waals surface area contributed by atoms with Crippen LogP contribution in [-0.4, -0.2) is 61.4 Å². The van der Waals surface area contributed by atoms with Crippen molar-refractivity contribution in [2.24, 2.45) is 0 Å². The molecular formula is C28H34N2O5. The molecule has 1 aliphatic heterocycles. The maximum atomic E-state index is 12.8. The predicted molar refractivity (Wildman–Crippen MR) is 134 cm³/mol. The molecule has 186 valence electrons. The van der Waals surface area contributed by atoms with Crippen molar-refractivity contribution in [2.45, 2.75) is 44.8 Å². The largest absolute Gasteiger partial charge is 0.490 e. The van der Waals surface area contributed by atoms with Gasteiger partial charge in [-0.1, -0.05) is 36.8 Å². The van der Waals surface area contributed by atoms with Gasteiger partial charge >= 0.3 is 5.97 Å². The van der Waals surface area contributed by atoms with Crippen molar-refractivity contribution in [3.05, 3.63) is 59.8 Å². The van der Waals surface area contributed by atoms with Gasteiger partial charge in [0.1, 0.15) is 30.4 Å². The summed E-state index contributed by atoms with van der Waals surface area (Å²) in [6.45, 7) is 4.73. The van der Waals surface area contributed by atoms with Crippen LogP contribution in [0.5, 0.6) is 11.5 Å². The highest BCUT2D eigenvalue weighted by Crippen LogP contribution is 2.35. The molecule has 1 aromatic heterocycles. The average Bonchev–Trinajstić information content (AvgIpc) is 3.34. The van der Waals surface area contributed by atoms with Crippen LogP contribution in [0.25, 0.3) is 10.9 Å². The summed E-state index contributed by atoms with van der Waals surface area (Å²) in [7, 11) is 0. The van der Waals surface area contributed by atoms with Crippen LogP contribution in [-0.2, 0) is 16.1 Å². The Morgan fingerprint density at radius 3 is 2.63 bits per heavy atom. The Labute approximate surface area is 206 Å². The molecule has 3 aromatic rings. The first-order valence-corrected chi connectivity index (χ1v) is 12.7. The molecule has 5 rings (SSSR count). The number of fused-ring (bicyclic) bond motifs is 1. The van der Waals surface area contributed by atoms with Gasteiger partial charge in [-0.3, -0.25) is 4.90 Å². The number of nitrogens with zero attached hydrogens (tertiary/aromatic N) is 1. The maximum absolute atomic E-state index is 12.8. The Hall–Kier alpha value is -3.03. The molecule has 0 amide bonds. The van der Waals surface area contributed by atoms with Crippen molar-refractivity contribution in [3.63, 3.8) is 0 Å². The van der Waals surface area contributed by atoms with Gasteiger partial charge in [-0.15, -0.1) is 0 Å². The molecule has 2 heterocycles. The van der Waals surface area contributed by atoms with Crippen molar-refractivity contribution >= 4 is 16.9 Å². The number of morpholine rings is 1. The van der Waals surface area contributed by atoms with Crippen molar-refractivity contribution < 1.29 is 23.7 Å². The summed E-state index contributed by atoms with van der Waals surface area (Å²) in [6, 6.07) is 15.8. The number of aromatic amines is 1. The van der Waals surface area contributed by atoms with Crippen LogP contribution in [0, 0.1) is 0 Å². The number of rotatable bonds is 9. The molecular weight excluding hydrogens is 444 g/mol. The molecule has 0 radical (unpaired) electrons. The van der Waals surface area contributed by atoms with Crippen LogP contribution in [0.15, 0.2) is 48.5 Å². The highest BCUT2D eigenvalue weighted by molar-refractivity contribution is 5.97. The normalized spacial score (nSPS) is 17.4. The zero-order valence-corrected chi connectivity index (χ0v) is 20.2. The van der Waals surface area contributed by atoms with E-state index in [9.17, 15) is 4.79 Å². The van der Waals surface area contributed by atoms with Crippen LogP contribution in [0.1, 0.15) is 48.2 Å². The van der Waals surface area contributed by atoms with Crippen molar-refractivity contribution in [2.75, 3.05) is 39.5 Å². The third-order valence-corrected chi connectivity index (χ3v) is 6.73. The highest BCUT2D eigenvalue weighted by atomic mass is 16.5. The van der Waals surface area contributed by atoms with Crippen molar-refractivity contribution in [1.29, 1.82) is 0 Å². The van der Waals surface area contributed by atoms with Gasteiger partial charge in [-0.05, 0) is 37.3 Å². The topological polar surface area (TPSA) is 73.0 Å². The Morgan fingerprint density at radius 1 is 1.03 bits per heavy atom. The Balaban J connectivity index is 1.31. The standard InChI is InChI=1S/C28H34N2O5/c31-28(33-16-13-30-11-14-32-15-12-30)26-19-24-25(29-26)17-23(34-20-21-7-3-1-4-8-21)18-27(24)35-22-9-5-2-6-10-22/h1,3-4,7-8,17-19,22,29H,2,5-6,9-16,20H2. The van der Waals surface area contributed by atoms with E-state index in [1.807, 2.05) is 48.5 Å². The summed E-state index contributed by atoms with van der Waals surface area (Å²) in [6.07, 6.45) is 5.93. The fraction of sp³-hybridized carbons (Fsp3) is 0.464. The molecule has 1 aliphatic carbocycles. The Kier molecular flexibility index (Phi) is 7.85. The fourth-order valence-corrected chi connectivity index (χ4v) is 4.74. The van der Waals surface area contributed by atoms with Crippen LogP contribution in [0.4, 0.5) is 0 Å². The average molecular weight is 479 g/mol. The third-order valence-electron chi connectivity index (χ3n) is 6.73. The van der Waals surface area contributed by atoms with Gasteiger partial charge in [-0.25, -0.2) is 4.79 Å². The monoisotopic (exact) mass is 478 g/mol. The minimum atomic E-state index is -0.357. The smallest absolute Gasteiger partial charge is 0.354 e. The van der Waals surface area contributed by atoms with Gasteiger partial charge < -0.3 is 23.9 Å². The van der Waals surface area contributed by atoms with E-state index in [0.29, 0.717) is 31.2 Å². The molecule has 1 N–H and O–H groups in total. The van der Waals surface area contributed by atoms with E-state index >= 15 is 0 Å². The Bertz CT molecular complexity index is 1100. The number of carbonyl (C=O) groups excluding carboxylic acids is 1. The summed E-state index contributed by atoms with van der Waals surface area (Å²) in [5.41, 5.74) is 2.33. The Morgan fingerprint density at radius 2 is 1.83 bits per heavy atom. The molecule has 0 spiro atoms. The molecule has 1 saturated carbocycles. The second kappa shape index (κ2) is 11.6. The van der Waals surface area contributed by atoms with Gasteiger partial charge in [0.05, 0.1) is 24.8 Å². The summed E-state index contributed by atoms with van der Waals surface area (Å²) in [5.74, 6) is 1.10. The van der Waals surface area contributed by atoms with E-state index in [4.69, 9.17) is 18.9 Å². The first-order chi connectivity index (χ1) is 17.2. The van der Waals surface area contributed by atoms with Gasteiger partial charge in [-0.2, -0.15) is 0 Å². The molecule has 2 aromatic carbocycles. The lowest BCUT2D eigenvalue weighted by Gasteiger charge is -2.26. The summed E-state index contributed by atoms with van der Waals surface area (Å²) in [5, 5.41) is 0.878. The first-order valence-electron chi connectivity index (χ1n) is 12.7. The number of esters is 1. The summed E-state index contributed by atoms with van der Waals surface area (Å²) >= 11 is 0. The van der Waals surface area contributed by atoms with E-state index < -0.39 is 0 Å². The number of aromatic nitrogens is 1. The number of hydrogen-bond acceptors (Lipinski definition) is 6. The molecule has 1 saturated heterocycles. The number of nitrogens with one attached hydrogen (secondary N) is 1. The number of H-pyrrole nitrogens is 1. The zero-order chi connectivity index (χ0) is 23.9. The van der Waals surface area contributed by atoms with E-state index in [1.54, 1.807) is 0 Å². The van der Waals surface area contributed by atoms with Gasteiger partial charge in [0, 0.05) is 37.2 Å². The lowest BCUT2D eigenvalue weighted by Crippen LogP contribution is -2.38. The number of ether oxygens (including phenoxy) is 4. The highest BCUT2D eigenvalue weighted by Gasteiger charge is 2.20. The van der Waals surface area contributed by atoms with E-state index in [2.05, 4.69) is 9.88 Å². The summed E-state index contributed by atoms with van der Waals surface area (Å²) in [4.78, 5) is 18.3. The molecule has 2 fully saturated rings. The SMILES string of the molecule is O=C(OCCN1CCOCC1)c1cc2c(OC3CCCCC3)cc(OCc3ccccc3)cc2[nH]1. The molecule has 7 nitrogen and oxygen atoms in total. The van der Waals surface area contributed by atoms with Crippen molar-refractivity contribution in [3.8, 4) is 11.5 Å². The molecule has 2 aliphatic rings. The lowest BCUT2D eigenvalue weighted by molar-refractivity contribution is 0.0193. The third kappa shape index (κ3) is 6.35. The first kappa shape index (κ1) is 23.7. The molecule has 7 heteroatoms. The minimum Gasteiger partial charge on any atom is -0.490 e. The van der Waals surface area contributed by atoms with E-state index in [1.165, 1.54) is 19.3 Å². The van der Waals surface area contributed by atoms with Gasteiger partial charge in [0.15, 0.2) is 0 Å². The molecule has 0 unspecified atom stereocenters. The lowest BCUT2D eigenvalue weighted by atomic mass is 9.98. The summed E-state index contributed by atoms with van der Waals surface area (Å²) < 4.78 is 23.5. The van der Waals surface area contributed by atoms with Crippen LogP contribution in [0.3, 0.4) is 0 Å². The van der Waals surface area contributed by atoms with Crippen LogP contribution < -0.4 is 9.47 Å². The molecule has 35 heavy (non-hydrogen) atoms. The quantitative estimate of drug-likeness (QED) is 0.439. The van der Waals surface area contributed by atoms with E-state index in [0.717, 1.165) is 61.4 Å². The number of carbonyl (C=O) groups is 1. The van der Waals surface area contributed by atoms with Crippen LogP contribution >= 0.6 is 0 Å². The van der Waals surface area contributed by atoms with Gasteiger partial charge in [0.2, 0.25) is 0 Å². The zero-order valence-electron chi connectivity index (χ0n) is 20.2. The molecule has 0 atom stereocenters. The number of benzene rings is 2. The second-order valence-corrected chi connectivity index (χ2v) is 9.31. The van der Waals surface area contributed by atoms with E-state index in [-0.39, 0.29) is 12.1 Å². The maximum Gasteiger partial charge on any atom is 0.354 e. The second-order valence-electron chi connectivity index (χ2n) is 9.31.